The SMILES string of the molecule is CC.CC.Cc1nc(Cl)sc1C. The molecule has 0 aromatic carbocycles. The van der Waals surface area contributed by atoms with Gasteiger partial charge in [-0.2, -0.15) is 0 Å². The summed E-state index contributed by atoms with van der Waals surface area (Å²) in [5.41, 5.74) is 1.04. The van der Waals surface area contributed by atoms with Crippen LogP contribution in [0.15, 0.2) is 0 Å². The molecular formula is C9H18ClNS. The van der Waals surface area contributed by atoms with Crippen molar-refractivity contribution in [2.24, 2.45) is 0 Å². The molecule has 0 aliphatic carbocycles. The third kappa shape index (κ3) is 5.56. The van der Waals surface area contributed by atoms with E-state index in [1.807, 2.05) is 41.5 Å². The van der Waals surface area contributed by atoms with Gasteiger partial charge in [0, 0.05) is 4.88 Å². The van der Waals surface area contributed by atoms with Crippen LogP contribution in [-0.2, 0) is 0 Å². The van der Waals surface area contributed by atoms with Crippen molar-refractivity contribution >= 4 is 22.9 Å². The predicted molar refractivity (Wildman–Crippen MR) is 59.3 cm³/mol. The molecule has 0 amide bonds. The largest absolute Gasteiger partial charge is 0.230 e. The zero-order valence-electron chi connectivity index (χ0n) is 8.73. The highest BCUT2D eigenvalue weighted by atomic mass is 35.5. The number of thiazole rings is 1. The van der Waals surface area contributed by atoms with Gasteiger partial charge < -0.3 is 0 Å². The fourth-order valence-corrected chi connectivity index (χ4v) is 1.54. The first-order chi connectivity index (χ1) is 5.70. The highest BCUT2D eigenvalue weighted by Crippen LogP contribution is 2.20. The van der Waals surface area contributed by atoms with Crippen LogP contribution in [-0.4, -0.2) is 4.98 Å². The average Bonchev–Trinajstić information content (AvgIpc) is 2.37. The lowest BCUT2D eigenvalue weighted by Crippen LogP contribution is -1.69. The van der Waals surface area contributed by atoms with E-state index < -0.39 is 0 Å². The van der Waals surface area contributed by atoms with E-state index in [9.17, 15) is 0 Å². The molecular weight excluding hydrogens is 190 g/mol. The van der Waals surface area contributed by atoms with Crippen LogP contribution in [0.2, 0.25) is 4.47 Å². The third-order valence-corrected chi connectivity index (χ3v) is 2.18. The molecule has 1 aromatic heterocycles. The van der Waals surface area contributed by atoms with E-state index in [0.29, 0.717) is 4.47 Å². The van der Waals surface area contributed by atoms with Crippen LogP contribution >= 0.6 is 22.9 Å². The minimum atomic E-state index is 0.639. The van der Waals surface area contributed by atoms with Gasteiger partial charge >= 0.3 is 0 Å². The summed E-state index contributed by atoms with van der Waals surface area (Å²) < 4.78 is 0.639. The number of halogens is 1. The molecule has 0 bridgehead atoms. The number of aryl methyl sites for hydroxylation is 2. The van der Waals surface area contributed by atoms with Gasteiger partial charge in [0.25, 0.3) is 0 Å². The summed E-state index contributed by atoms with van der Waals surface area (Å²) in [5.74, 6) is 0. The molecule has 1 rings (SSSR count). The molecule has 0 spiro atoms. The Morgan fingerprint density at radius 1 is 1.08 bits per heavy atom. The monoisotopic (exact) mass is 207 g/mol. The Hall–Kier alpha value is -0.0800. The third-order valence-electron chi connectivity index (χ3n) is 1.00. The average molecular weight is 208 g/mol. The Labute approximate surface area is 84.8 Å². The number of rotatable bonds is 0. The Kier molecular flexibility index (Phi) is 10.8. The molecule has 0 fully saturated rings. The normalized spacial score (nSPS) is 7.58. The van der Waals surface area contributed by atoms with Crippen LogP contribution in [0.4, 0.5) is 0 Å². The maximum atomic E-state index is 5.57. The Morgan fingerprint density at radius 3 is 1.58 bits per heavy atom. The molecule has 0 saturated carbocycles. The van der Waals surface area contributed by atoms with Gasteiger partial charge in [-0.15, -0.1) is 11.3 Å². The second-order valence-corrected chi connectivity index (χ2v) is 3.39. The first-order valence-corrected chi connectivity index (χ1v) is 5.49. The summed E-state index contributed by atoms with van der Waals surface area (Å²) in [5, 5.41) is 0. The maximum Gasteiger partial charge on any atom is 0.184 e. The summed E-state index contributed by atoms with van der Waals surface area (Å²) >= 11 is 7.10. The van der Waals surface area contributed by atoms with E-state index >= 15 is 0 Å². The van der Waals surface area contributed by atoms with Gasteiger partial charge in [-0.25, -0.2) is 4.98 Å². The van der Waals surface area contributed by atoms with Gasteiger partial charge in [-0.3, -0.25) is 0 Å². The van der Waals surface area contributed by atoms with Crippen LogP contribution in [0.25, 0.3) is 0 Å². The fraction of sp³-hybridized carbons (Fsp3) is 0.667. The molecule has 0 unspecified atom stereocenters. The molecule has 0 atom stereocenters. The summed E-state index contributed by atoms with van der Waals surface area (Å²) in [6, 6.07) is 0. The summed E-state index contributed by atoms with van der Waals surface area (Å²) in [6.45, 7) is 12.0. The quantitative estimate of drug-likeness (QED) is 0.612. The van der Waals surface area contributed by atoms with Gasteiger partial charge in [-0.1, -0.05) is 39.3 Å². The lowest BCUT2D eigenvalue weighted by molar-refractivity contribution is 1.23. The van der Waals surface area contributed by atoms with Crippen molar-refractivity contribution in [3.8, 4) is 0 Å². The van der Waals surface area contributed by atoms with E-state index in [-0.39, 0.29) is 0 Å². The van der Waals surface area contributed by atoms with Crippen LogP contribution in [0, 0.1) is 13.8 Å². The van der Waals surface area contributed by atoms with E-state index in [4.69, 9.17) is 11.6 Å². The highest BCUT2D eigenvalue weighted by Gasteiger charge is 1.97. The minimum Gasteiger partial charge on any atom is -0.230 e. The topological polar surface area (TPSA) is 12.9 Å². The van der Waals surface area contributed by atoms with Gasteiger partial charge in [0.15, 0.2) is 4.47 Å². The highest BCUT2D eigenvalue weighted by molar-refractivity contribution is 7.15. The number of hydrogen-bond donors (Lipinski definition) is 0. The molecule has 0 N–H and O–H groups in total. The standard InChI is InChI=1S/C5H6ClNS.2C2H6/c1-3-4(2)8-5(6)7-3;2*1-2/h1-2H3;2*1-2H3. The van der Waals surface area contributed by atoms with E-state index in [1.165, 1.54) is 16.2 Å². The van der Waals surface area contributed by atoms with E-state index in [1.54, 1.807) is 0 Å². The number of aromatic nitrogens is 1. The van der Waals surface area contributed by atoms with Gasteiger partial charge in [0.05, 0.1) is 5.69 Å². The molecule has 3 heteroatoms. The summed E-state index contributed by atoms with van der Waals surface area (Å²) in [7, 11) is 0. The minimum absolute atomic E-state index is 0.639. The first-order valence-electron chi connectivity index (χ1n) is 4.29. The Balaban J connectivity index is 0. The number of nitrogens with zero attached hydrogens (tertiary/aromatic N) is 1. The van der Waals surface area contributed by atoms with Gasteiger partial charge in [-0.05, 0) is 13.8 Å². The van der Waals surface area contributed by atoms with Crippen LogP contribution < -0.4 is 0 Å². The van der Waals surface area contributed by atoms with Crippen molar-refractivity contribution in [1.82, 2.24) is 4.98 Å². The lowest BCUT2D eigenvalue weighted by Gasteiger charge is -1.77. The maximum absolute atomic E-state index is 5.57. The van der Waals surface area contributed by atoms with Gasteiger partial charge in [0.2, 0.25) is 0 Å². The van der Waals surface area contributed by atoms with E-state index in [0.717, 1.165) is 5.69 Å². The van der Waals surface area contributed by atoms with Crippen molar-refractivity contribution < 1.29 is 0 Å². The van der Waals surface area contributed by atoms with Crippen molar-refractivity contribution in [3.05, 3.63) is 15.0 Å². The second kappa shape index (κ2) is 9.01. The molecule has 0 aliphatic rings. The summed E-state index contributed by atoms with van der Waals surface area (Å²) in [4.78, 5) is 5.20. The molecule has 1 heterocycles. The molecule has 1 nitrogen and oxygen atoms in total. The summed E-state index contributed by atoms with van der Waals surface area (Å²) in [6.07, 6.45) is 0. The second-order valence-electron chi connectivity index (χ2n) is 1.61. The van der Waals surface area contributed by atoms with Crippen LogP contribution in [0.1, 0.15) is 38.3 Å². The van der Waals surface area contributed by atoms with Crippen molar-refractivity contribution in [1.29, 1.82) is 0 Å². The fourth-order valence-electron chi connectivity index (χ4n) is 0.434. The molecule has 12 heavy (non-hydrogen) atoms. The molecule has 72 valence electrons. The van der Waals surface area contributed by atoms with Crippen molar-refractivity contribution in [2.75, 3.05) is 0 Å². The smallest absolute Gasteiger partial charge is 0.184 e. The zero-order valence-corrected chi connectivity index (χ0v) is 10.3. The molecule has 1 aromatic rings. The Bertz CT molecular complexity index is 177. The van der Waals surface area contributed by atoms with Crippen LogP contribution in [0.5, 0.6) is 0 Å². The van der Waals surface area contributed by atoms with Crippen molar-refractivity contribution in [3.63, 3.8) is 0 Å². The lowest BCUT2D eigenvalue weighted by atomic mass is 10.4. The first kappa shape index (κ1) is 14.4. The molecule has 0 radical (unpaired) electrons. The number of hydrogen-bond acceptors (Lipinski definition) is 2. The predicted octanol–water partition coefficient (Wildman–Crippen LogP) is 4.47. The van der Waals surface area contributed by atoms with Crippen LogP contribution in [0.3, 0.4) is 0 Å². The van der Waals surface area contributed by atoms with Crippen molar-refractivity contribution in [2.45, 2.75) is 41.5 Å². The molecule has 0 aliphatic heterocycles. The van der Waals surface area contributed by atoms with Gasteiger partial charge in [0.1, 0.15) is 0 Å². The zero-order chi connectivity index (χ0) is 10.1. The molecule has 0 saturated heterocycles. The Morgan fingerprint density at radius 2 is 1.50 bits per heavy atom. The van der Waals surface area contributed by atoms with E-state index in [2.05, 4.69) is 4.98 Å².